The van der Waals surface area contributed by atoms with Gasteiger partial charge in [-0.05, 0) is 42.3 Å². The van der Waals surface area contributed by atoms with Crippen LogP contribution in [0.4, 0.5) is 0 Å². The van der Waals surface area contributed by atoms with Gasteiger partial charge in [0.05, 0.1) is 19.4 Å². The van der Waals surface area contributed by atoms with E-state index in [1.807, 2.05) is 48.6 Å². The third-order valence-corrected chi connectivity index (χ3v) is 4.36. The molecule has 0 aliphatic heterocycles. The summed E-state index contributed by atoms with van der Waals surface area (Å²) in [5.74, 6) is 0.845. The van der Waals surface area contributed by atoms with E-state index >= 15 is 0 Å². The summed E-state index contributed by atoms with van der Waals surface area (Å²) in [6.07, 6.45) is 15.7. The van der Waals surface area contributed by atoms with Gasteiger partial charge in [0.2, 0.25) is 0 Å². The highest BCUT2D eigenvalue weighted by atomic mass is 16.5. The van der Waals surface area contributed by atoms with Crippen LogP contribution in [0.3, 0.4) is 0 Å². The number of aryl methyl sites for hydroxylation is 1. The van der Waals surface area contributed by atoms with Crippen molar-refractivity contribution in [1.82, 2.24) is 4.90 Å². The summed E-state index contributed by atoms with van der Waals surface area (Å²) in [4.78, 5) is 6.96. The molecule has 0 saturated heterocycles. The zero-order chi connectivity index (χ0) is 19.6. The molecule has 0 N–H and O–H groups in total. The van der Waals surface area contributed by atoms with Crippen molar-refractivity contribution in [2.45, 2.75) is 6.92 Å². The van der Waals surface area contributed by atoms with Crippen molar-refractivity contribution >= 4 is 11.4 Å². The van der Waals surface area contributed by atoms with Crippen molar-refractivity contribution in [3.63, 3.8) is 0 Å². The zero-order valence-electron chi connectivity index (χ0n) is 16.5. The molecule has 27 heavy (non-hydrogen) atoms. The first-order chi connectivity index (χ1) is 13.1. The largest absolute Gasteiger partial charge is 0.497 e. The second kappa shape index (κ2) is 10.2. The van der Waals surface area contributed by atoms with Crippen LogP contribution < -0.4 is 4.74 Å². The molecule has 1 aliphatic rings. The molecule has 1 aliphatic carbocycles. The maximum Gasteiger partial charge on any atom is 0.119 e. The maximum absolute atomic E-state index is 5.39. The molecule has 0 aromatic heterocycles. The van der Waals surface area contributed by atoms with E-state index in [2.05, 4.69) is 44.2 Å². The van der Waals surface area contributed by atoms with Crippen molar-refractivity contribution in [3.8, 4) is 5.75 Å². The Labute approximate surface area is 163 Å². The summed E-state index contributed by atoms with van der Waals surface area (Å²) in [5.41, 5.74) is 5.50. The summed E-state index contributed by atoms with van der Waals surface area (Å²) in [5, 5.41) is 0. The first-order valence-electron chi connectivity index (χ1n) is 9.02. The topological polar surface area (TPSA) is 24.8 Å². The molecule has 0 fully saturated rings. The third-order valence-electron chi connectivity index (χ3n) is 4.36. The van der Waals surface area contributed by atoms with Crippen molar-refractivity contribution in [1.29, 1.82) is 0 Å². The van der Waals surface area contributed by atoms with Gasteiger partial charge in [0, 0.05) is 24.9 Å². The van der Waals surface area contributed by atoms with Gasteiger partial charge in [0.1, 0.15) is 5.75 Å². The molecular formula is C24H28N2O. The normalized spacial score (nSPS) is 16.6. The Kier molecular flexibility index (Phi) is 7.63. The number of ether oxygens (including phenoxy) is 1. The summed E-state index contributed by atoms with van der Waals surface area (Å²) in [6.45, 7) is 11.2. The van der Waals surface area contributed by atoms with Gasteiger partial charge in [-0.15, -0.1) is 0 Å². The monoisotopic (exact) mass is 360 g/mol. The number of hydrogen-bond acceptors (Lipinski definition) is 3. The Morgan fingerprint density at radius 1 is 1.19 bits per heavy atom. The zero-order valence-corrected chi connectivity index (χ0v) is 16.5. The highest BCUT2D eigenvalue weighted by Crippen LogP contribution is 2.26. The lowest BCUT2D eigenvalue weighted by molar-refractivity contribution is 0.414. The van der Waals surface area contributed by atoms with Crippen LogP contribution in [-0.2, 0) is 0 Å². The Morgan fingerprint density at radius 2 is 1.96 bits per heavy atom. The first-order valence-corrected chi connectivity index (χ1v) is 9.02. The second-order valence-electron chi connectivity index (χ2n) is 6.23. The number of likely N-dealkylation sites (N-methyl/N-ethyl adjacent to an activating group) is 1. The highest BCUT2D eigenvalue weighted by Gasteiger charge is 2.11. The van der Waals surface area contributed by atoms with Gasteiger partial charge in [0.25, 0.3) is 0 Å². The van der Waals surface area contributed by atoms with E-state index in [0.29, 0.717) is 6.54 Å². The molecule has 0 radical (unpaired) electrons. The Morgan fingerprint density at radius 3 is 2.67 bits per heavy atom. The smallest absolute Gasteiger partial charge is 0.119 e. The van der Waals surface area contributed by atoms with Gasteiger partial charge in [-0.2, -0.15) is 0 Å². The molecule has 1 aromatic carbocycles. The number of benzene rings is 1. The molecule has 3 nitrogen and oxygen atoms in total. The highest BCUT2D eigenvalue weighted by molar-refractivity contribution is 6.11. The van der Waals surface area contributed by atoms with Crippen LogP contribution in [0.1, 0.15) is 11.1 Å². The molecule has 0 amide bonds. The lowest BCUT2D eigenvalue weighted by Gasteiger charge is -2.24. The van der Waals surface area contributed by atoms with Gasteiger partial charge in [0.15, 0.2) is 0 Å². The average Bonchev–Trinajstić information content (AvgIpc) is 2.68. The van der Waals surface area contributed by atoms with Gasteiger partial charge in [-0.1, -0.05) is 55.7 Å². The van der Waals surface area contributed by atoms with E-state index in [9.17, 15) is 0 Å². The molecule has 0 heterocycles. The van der Waals surface area contributed by atoms with Crippen LogP contribution in [0.15, 0.2) is 90.5 Å². The van der Waals surface area contributed by atoms with E-state index < -0.39 is 0 Å². The molecular weight excluding hydrogens is 332 g/mol. The number of methoxy groups -OCH3 is 1. The number of nitrogens with zero attached hydrogens (tertiary/aromatic N) is 2. The molecule has 2 rings (SSSR count). The van der Waals surface area contributed by atoms with E-state index in [0.717, 1.165) is 34.8 Å². The average molecular weight is 361 g/mol. The maximum atomic E-state index is 5.39. The fraction of sp³-hybridized carbons (Fsp3) is 0.208. The molecule has 0 bridgehead atoms. The first kappa shape index (κ1) is 20.2. The number of allylic oxidation sites excluding steroid dienone is 9. The quantitative estimate of drug-likeness (QED) is 0.600. The van der Waals surface area contributed by atoms with Crippen molar-refractivity contribution in [2.75, 3.05) is 27.2 Å². The lowest BCUT2D eigenvalue weighted by Crippen LogP contribution is -2.21. The van der Waals surface area contributed by atoms with E-state index in [1.165, 1.54) is 5.56 Å². The summed E-state index contributed by atoms with van der Waals surface area (Å²) in [7, 11) is 3.76. The molecule has 0 atom stereocenters. The van der Waals surface area contributed by atoms with Crippen LogP contribution in [-0.4, -0.2) is 37.9 Å². The molecule has 0 unspecified atom stereocenters. The van der Waals surface area contributed by atoms with Crippen LogP contribution in [0.25, 0.3) is 5.70 Å². The van der Waals surface area contributed by atoms with E-state index in [4.69, 9.17) is 9.73 Å². The number of rotatable bonds is 8. The SMILES string of the molecule is C=C/C=C1/C=CC=CC1=NCCN(C)/C(=C\C=C)c1cc(OC)ccc1C. The molecule has 0 spiro atoms. The van der Waals surface area contributed by atoms with Crippen molar-refractivity contribution in [2.24, 2.45) is 4.99 Å². The minimum Gasteiger partial charge on any atom is -0.497 e. The Hall–Kier alpha value is -3.07. The van der Waals surface area contributed by atoms with Crippen LogP contribution in [0, 0.1) is 6.92 Å². The van der Waals surface area contributed by atoms with Crippen LogP contribution >= 0.6 is 0 Å². The molecule has 3 heteroatoms. The summed E-state index contributed by atoms with van der Waals surface area (Å²) < 4.78 is 5.39. The fourth-order valence-electron chi connectivity index (χ4n) is 2.88. The minimum atomic E-state index is 0.690. The van der Waals surface area contributed by atoms with E-state index in [-0.39, 0.29) is 0 Å². The van der Waals surface area contributed by atoms with Crippen LogP contribution in [0.2, 0.25) is 0 Å². The second-order valence-corrected chi connectivity index (χ2v) is 6.23. The molecule has 140 valence electrons. The summed E-state index contributed by atoms with van der Waals surface area (Å²) >= 11 is 0. The van der Waals surface area contributed by atoms with Gasteiger partial charge < -0.3 is 9.64 Å². The van der Waals surface area contributed by atoms with Gasteiger partial charge >= 0.3 is 0 Å². The van der Waals surface area contributed by atoms with Crippen molar-refractivity contribution < 1.29 is 4.74 Å². The predicted molar refractivity (Wildman–Crippen MR) is 117 cm³/mol. The van der Waals surface area contributed by atoms with Gasteiger partial charge in [-0.3, -0.25) is 4.99 Å². The van der Waals surface area contributed by atoms with E-state index in [1.54, 1.807) is 13.2 Å². The lowest BCUT2D eigenvalue weighted by atomic mass is 10.0. The predicted octanol–water partition coefficient (Wildman–Crippen LogP) is 5.14. The van der Waals surface area contributed by atoms with Gasteiger partial charge in [-0.25, -0.2) is 0 Å². The molecule has 1 aromatic rings. The number of hydrogen-bond donors (Lipinski definition) is 0. The Bertz CT molecular complexity index is 838. The number of aliphatic imine (C=N–C) groups is 1. The third kappa shape index (κ3) is 5.45. The molecule has 0 saturated carbocycles. The standard InChI is InChI=1S/C24H28N2O/c1-6-10-20-12-8-9-13-23(20)25-16-17-26(4)24(11-7-2)22-18-21(27-5)15-14-19(22)3/h6-15,18H,1-2,16-17H2,3-5H3/b20-10-,24-11-,25-23?. The minimum absolute atomic E-state index is 0.690. The van der Waals surface area contributed by atoms with Crippen LogP contribution in [0.5, 0.6) is 5.75 Å². The summed E-state index contributed by atoms with van der Waals surface area (Å²) in [6, 6.07) is 6.12. The Balaban J connectivity index is 2.17. The fourth-order valence-corrected chi connectivity index (χ4v) is 2.88. The van der Waals surface area contributed by atoms with Crippen molar-refractivity contribution in [3.05, 3.63) is 96.7 Å².